The van der Waals surface area contributed by atoms with Crippen LogP contribution in [0.5, 0.6) is 0 Å². The monoisotopic (exact) mass is 548 g/mol. The summed E-state index contributed by atoms with van der Waals surface area (Å²) in [6.45, 7) is 13.5. The van der Waals surface area contributed by atoms with Crippen LogP contribution in [0.3, 0.4) is 0 Å². The summed E-state index contributed by atoms with van der Waals surface area (Å²) in [4.78, 5) is 5.20. The summed E-state index contributed by atoms with van der Waals surface area (Å²) in [6.07, 6.45) is 0. The Morgan fingerprint density at radius 3 is 1.84 bits per heavy atom. The van der Waals surface area contributed by atoms with E-state index in [-0.39, 0.29) is 5.41 Å². The van der Waals surface area contributed by atoms with E-state index < -0.39 is 0 Å². The minimum Gasteiger partial charge on any atom is -0.172 e. The normalized spacial score (nSPS) is 13.7. The molecule has 3 aromatic carbocycles. The Balaban J connectivity index is 1.32. The molecule has 0 N–H and O–H groups in total. The highest BCUT2D eigenvalue weighted by atomic mass is 32.1. The number of hydrogen-bond acceptors (Lipinski definition) is 5. The molecule has 0 bridgehead atoms. The molecule has 0 fully saturated rings. The van der Waals surface area contributed by atoms with Gasteiger partial charge in [0.2, 0.25) is 0 Å². The maximum Gasteiger partial charge on any atom is 0.114 e. The molecule has 0 spiro atoms. The topological polar surface area (TPSA) is 25.8 Å². The molecule has 0 amide bonds. The quantitative estimate of drug-likeness (QED) is 0.220. The number of aromatic nitrogens is 2. The number of thiophene rings is 2. The van der Waals surface area contributed by atoms with Crippen LogP contribution in [0.25, 0.3) is 53.5 Å². The average Bonchev–Trinajstić information content (AvgIpc) is 3.64. The van der Waals surface area contributed by atoms with Gasteiger partial charge in [0.1, 0.15) is 11.0 Å². The molecule has 0 atom stereocenters. The third kappa shape index (κ3) is 3.49. The molecule has 0 aliphatic heterocycles. The van der Waals surface area contributed by atoms with Crippen molar-refractivity contribution in [2.75, 3.05) is 0 Å². The molecular formula is C33H28N2S3. The molecule has 5 heteroatoms. The Kier molecular flexibility index (Phi) is 5.32. The Morgan fingerprint density at radius 2 is 1.18 bits per heavy atom. The van der Waals surface area contributed by atoms with Gasteiger partial charge in [-0.1, -0.05) is 61.9 Å². The van der Waals surface area contributed by atoms with E-state index >= 15 is 0 Å². The van der Waals surface area contributed by atoms with Crippen LogP contribution in [0.1, 0.15) is 46.5 Å². The molecule has 3 heterocycles. The van der Waals surface area contributed by atoms with Crippen molar-refractivity contribution in [2.24, 2.45) is 0 Å². The van der Waals surface area contributed by atoms with Crippen molar-refractivity contribution in [3.05, 3.63) is 93.4 Å². The van der Waals surface area contributed by atoms with Crippen molar-refractivity contribution in [3.8, 4) is 42.4 Å². The van der Waals surface area contributed by atoms with E-state index in [0.717, 1.165) is 11.0 Å². The first-order chi connectivity index (χ1) is 18.2. The second-order valence-corrected chi connectivity index (χ2v) is 13.9. The summed E-state index contributed by atoms with van der Waals surface area (Å²) in [5.41, 5.74) is 15.2. The molecule has 38 heavy (non-hydrogen) atoms. The van der Waals surface area contributed by atoms with E-state index in [1.807, 2.05) is 22.7 Å². The van der Waals surface area contributed by atoms with Gasteiger partial charge in [-0.2, -0.15) is 8.75 Å². The molecule has 0 saturated heterocycles. The van der Waals surface area contributed by atoms with Crippen LogP contribution >= 0.6 is 34.4 Å². The largest absolute Gasteiger partial charge is 0.172 e. The lowest BCUT2D eigenvalue weighted by atomic mass is 9.81. The number of rotatable bonds is 3. The number of hydrogen-bond donors (Lipinski definition) is 0. The molecule has 0 radical (unpaired) electrons. The smallest absolute Gasteiger partial charge is 0.114 e. The van der Waals surface area contributed by atoms with Crippen molar-refractivity contribution in [3.63, 3.8) is 0 Å². The number of fused-ring (bicyclic) bond motifs is 4. The predicted octanol–water partition coefficient (Wildman–Crippen LogP) is 10.4. The molecule has 6 aromatic rings. The standard InChI is InChI=1S/C33H28N2S3/c1-17-7-9-22-23-10-8-21(16-27(23)33(5,6)26(22)13-17)28-15-19(3)32(37-28)25-12-11-24(29-30(25)35-38-34-29)31-18(2)14-20(4)36-31/h7-16H,1-6H3. The van der Waals surface area contributed by atoms with E-state index in [0.29, 0.717) is 0 Å². The summed E-state index contributed by atoms with van der Waals surface area (Å²) in [7, 11) is 0. The van der Waals surface area contributed by atoms with Gasteiger partial charge in [-0.15, -0.1) is 22.7 Å². The first-order valence-electron chi connectivity index (χ1n) is 12.9. The molecule has 188 valence electrons. The molecule has 1 aliphatic rings. The second kappa shape index (κ2) is 8.44. The third-order valence-electron chi connectivity index (χ3n) is 7.98. The lowest BCUT2D eigenvalue weighted by Crippen LogP contribution is -2.15. The second-order valence-electron chi connectivity index (χ2n) is 11.0. The number of benzene rings is 3. The zero-order chi connectivity index (χ0) is 26.3. The lowest BCUT2D eigenvalue weighted by molar-refractivity contribution is 0.660. The summed E-state index contributed by atoms with van der Waals surface area (Å²) < 4.78 is 9.53. The highest BCUT2D eigenvalue weighted by Gasteiger charge is 2.35. The first-order valence-corrected chi connectivity index (χ1v) is 15.3. The van der Waals surface area contributed by atoms with Crippen molar-refractivity contribution >= 4 is 45.4 Å². The summed E-state index contributed by atoms with van der Waals surface area (Å²) in [6, 6.07) is 23.0. The molecule has 3 aromatic heterocycles. The van der Waals surface area contributed by atoms with Crippen molar-refractivity contribution < 1.29 is 0 Å². The fraction of sp³-hybridized carbons (Fsp3) is 0.212. The number of aryl methyl sites for hydroxylation is 4. The van der Waals surface area contributed by atoms with Gasteiger partial charge in [0.05, 0.1) is 11.7 Å². The Morgan fingerprint density at radius 1 is 0.605 bits per heavy atom. The van der Waals surface area contributed by atoms with Gasteiger partial charge in [0.25, 0.3) is 0 Å². The molecule has 2 nitrogen and oxygen atoms in total. The van der Waals surface area contributed by atoms with Crippen molar-refractivity contribution in [1.29, 1.82) is 0 Å². The molecule has 0 saturated carbocycles. The van der Waals surface area contributed by atoms with Gasteiger partial charge in [0, 0.05) is 36.1 Å². The van der Waals surface area contributed by atoms with Gasteiger partial charge in [-0.25, -0.2) is 0 Å². The Hall–Kier alpha value is -3.12. The zero-order valence-corrected chi connectivity index (χ0v) is 24.8. The van der Waals surface area contributed by atoms with Crippen LogP contribution < -0.4 is 0 Å². The summed E-state index contributed by atoms with van der Waals surface area (Å²) in [5, 5.41) is 0. The summed E-state index contributed by atoms with van der Waals surface area (Å²) >= 11 is 5.01. The van der Waals surface area contributed by atoms with Crippen molar-refractivity contribution in [1.82, 2.24) is 8.75 Å². The van der Waals surface area contributed by atoms with Gasteiger partial charge in [0.15, 0.2) is 0 Å². The van der Waals surface area contributed by atoms with Crippen LogP contribution in [-0.2, 0) is 5.41 Å². The fourth-order valence-corrected chi connectivity index (χ4v) is 8.86. The van der Waals surface area contributed by atoms with Gasteiger partial charge in [-0.3, -0.25) is 0 Å². The summed E-state index contributed by atoms with van der Waals surface area (Å²) in [5.74, 6) is 0. The molecular weight excluding hydrogens is 521 g/mol. The van der Waals surface area contributed by atoms with E-state index in [2.05, 4.69) is 102 Å². The van der Waals surface area contributed by atoms with Gasteiger partial charge < -0.3 is 0 Å². The molecule has 1 aliphatic carbocycles. The van der Waals surface area contributed by atoms with Crippen LogP contribution in [0.15, 0.2) is 60.7 Å². The van der Waals surface area contributed by atoms with E-state index in [1.165, 1.54) is 86.9 Å². The average molecular weight is 549 g/mol. The Labute approximate surface area is 236 Å². The van der Waals surface area contributed by atoms with Crippen LogP contribution in [0.4, 0.5) is 0 Å². The third-order valence-corrected chi connectivity index (χ3v) is 11.0. The minimum atomic E-state index is -0.00559. The van der Waals surface area contributed by atoms with E-state index in [4.69, 9.17) is 8.75 Å². The van der Waals surface area contributed by atoms with Gasteiger partial charge in [-0.05, 0) is 84.8 Å². The molecule has 7 rings (SSSR count). The van der Waals surface area contributed by atoms with E-state index in [9.17, 15) is 0 Å². The fourth-order valence-electron chi connectivity index (χ4n) is 6.04. The lowest BCUT2D eigenvalue weighted by Gasteiger charge is -2.22. The first kappa shape index (κ1) is 24.0. The van der Waals surface area contributed by atoms with Crippen LogP contribution in [0, 0.1) is 27.7 Å². The highest BCUT2D eigenvalue weighted by Crippen LogP contribution is 2.51. The zero-order valence-electron chi connectivity index (χ0n) is 22.4. The SMILES string of the molecule is Cc1ccc2c(c1)C(C)(C)c1cc(-c3cc(C)c(-c4ccc(-c5sc(C)cc5C)c5nsnc45)s3)ccc1-2. The number of nitrogens with zero attached hydrogens (tertiary/aromatic N) is 2. The van der Waals surface area contributed by atoms with E-state index in [1.54, 1.807) is 0 Å². The highest BCUT2D eigenvalue weighted by molar-refractivity contribution is 7.19. The maximum atomic E-state index is 4.78. The minimum absolute atomic E-state index is 0.00559. The maximum absolute atomic E-state index is 4.78. The molecule has 0 unspecified atom stereocenters. The predicted molar refractivity (Wildman–Crippen MR) is 166 cm³/mol. The van der Waals surface area contributed by atoms with Crippen molar-refractivity contribution in [2.45, 2.75) is 47.0 Å². The Bertz CT molecular complexity index is 1900. The van der Waals surface area contributed by atoms with Crippen LogP contribution in [0.2, 0.25) is 0 Å². The van der Waals surface area contributed by atoms with Crippen LogP contribution in [-0.4, -0.2) is 8.75 Å². The van der Waals surface area contributed by atoms with Gasteiger partial charge >= 0.3 is 0 Å².